The summed E-state index contributed by atoms with van der Waals surface area (Å²) in [6.45, 7) is 5.29. The van der Waals surface area contributed by atoms with E-state index in [0.29, 0.717) is 11.1 Å². The van der Waals surface area contributed by atoms with Crippen LogP contribution in [0.2, 0.25) is 0 Å². The minimum absolute atomic E-state index is 0.282. The molecule has 1 aliphatic heterocycles. The molecule has 0 radical (unpaired) electrons. The van der Waals surface area contributed by atoms with Crippen molar-refractivity contribution in [3.63, 3.8) is 0 Å². The summed E-state index contributed by atoms with van der Waals surface area (Å²) in [7, 11) is 1.42. The second kappa shape index (κ2) is 9.09. The topological polar surface area (TPSA) is 130 Å². The van der Waals surface area contributed by atoms with Crippen LogP contribution in [-0.4, -0.2) is 48.5 Å². The lowest BCUT2D eigenvalue weighted by molar-refractivity contribution is -0.304. The Labute approximate surface area is 196 Å². The fraction of sp³-hybridized carbons (Fsp3) is 0.360. The number of fused-ring (bicyclic) bond motifs is 1. The van der Waals surface area contributed by atoms with Gasteiger partial charge in [0.15, 0.2) is 6.10 Å². The molecular formula is C25H27NO8. The molecule has 180 valence electrons. The van der Waals surface area contributed by atoms with Crippen LogP contribution in [0, 0.1) is 6.92 Å². The smallest absolute Gasteiger partial charge is 0.405 e. The number of carbonyl (C=O) groups excluding carboxylic acids is 1. The first kappa shape index (κ1) is 23.7. The van der Waals surface area contributed by atoms with E-state index < -0.39 is 41.9 Å². The molecule has 34 heavy (non-hydrogen) atoms. The maximum atomic E-state index is 12.8. The van der Waals surface area contributed by atoms with Crippen molar-refractivity contribution in [3.8, 4) is 16.9 Å². The number of aliphatic hydroxyl groups is 1. The number of aliphatic hydroxyl groups excluding tert-OH is 1. The summed E-state index contributed by atoms with van der Waals surface area (Å²) in [5.41, 5.74) is 6.09. The lowest BCUT2D eigenvalue weighted by Gasteiger charge is -2.47. The number of benzene rings is 2. The largest absolute Gasteiger partial charge is 0.461 e. The van der Waals surface area contributed by atoms with Gasteiger partial charge in [0, 0.05) is 18.6 Å². The molecule has 9 nitrogen and oxygen atoms in total. The van der Waals surface area contributed by atoms with Crippen molar-refractivity contribution in [1.29, 1.82) is 0 Å². The number of amides is 1. The van der Waals surface area contributed by atoms with Gasteiger partial charge in [-0.3, -0.25) is 0 Å². The van der Waals surface area contributed by atoms with Crippen molar-refractivity contribution >= 4 is 17.1 Å². The van der Waals surface area contributed by atoms with E-state index in [1.807, 2.05) is 37.3 Å². The number of nitrogens with two attached hydrogens (primary N) is 1. The lowest BCUT2D eigenvalue weighted by atomic mass is 9.89. The van der Waals surface area contributed by atoms with Gasteiger partial charge in [-0.2, -0.15) is 0 Å². The molecule has 4 atom stereocenters. The Morgan fingerprint density at radius 1 is 1.15 bits per heavy atom. The van der Waals surface area contributed by atoms with Crippen molar-refractivity contribution in [1.82, 2.24) is 0 Å². The van der Waals surface area contributed by atoms with E-state index in [9.17, 15) is 14.7 Å². The Balaban J connectivity index is 1.69. The van der Waals surface area contributed by atoms with Crippen LogP contribution in [0.5, 0.6) is 5.75 Å². The van der Waals surface area contributed by atoms with Gasteiger partial charge in [-0.05, 0) is 44.0 Å². The van der Waals surface area contributed by atoms with Crippen LogP contribution in [0.1, 0.15) is 19.4 Å². The van der Waals surface area contributed by atoms with E-state index in [1.165, 1.54) is 7.11 Å². The number of methoxy groups -OCH3 is 1. The number of hydrogen-bond donors (Lipinski definition) is 2. The molecule has 2 aromatic carbocycles. The zero-order valence-corrected chi connectivity index (χ0v) is 19.3. The molecule has 2 heterocycles. The maximum Gasteiger partial charge on any atom is 0.405 e. The van der Waals surface area contributed by atoms with Gasteiger partial charge in [0.05, 0.1) is 11.2 Å². The Morgan fingerprint density at radius 2 is 1.85 bits per heavy atom. The second-order valence-corrected chi connectivity index (χ2v) is 8.67. The van der Waals surface area contributed by atoms with Crippen LogP contribution < -0.4 is 16.1 Å². The first-order valence-electron chi connectivity index (χ1n) is 10.8. The minimum Gasteiger partial charge on any atom is -0.461 e. The van der Waals surface area contributed by atoms with Crippen LogP contribution in [0.3, 0.4) is 0 Å². The van der Waals surface area contributed by atoms with E-state index in [-0.39, 0.29) is 5.75 Å². The number of rotatable bonds is 5. The van der Waals surface area contributed by atoms with Crippen LogP contribution in [0.4, 0.5) is 4.79 Å². The summed E-state index contributed by atoms with van der Waals surface area (Å²) in [5, 5.41) is 11.5. The zero-order chi connectivity index (χ0) is 24.6. The Morgan fingerprint density at radius 3 is 2.50 bits per heavy atom. The van der Waals surface area contributed by atoms with Crippen LogP contribution >= 0.6 is 0 Å². The first-order valence-corrected chi connectivity index (χ1v) is 10.8. The summed E-state index contributed by atoms with van der Waals surface area (Å²) < 4.78 is 27.9. The highest BCUT2D eigenvalue weighted by molar-refractivity contribution is 5.87. The SMILES string of the molecule is CO[C@@H]1[C@H](O)C(OC(N)=O)[C@H](Oc2ccc3c(C)c(-c4ccccc4)c(=O)oc3c2)OC1(C)C. The molecule has 1 aliphatic rings. The molecule has 1 unspecified atom stereocenters. The highest BCUT2D eigenvalue weighted by Gasteiger charge is 2.52. The molecule has 0 aliphatic carbocycles. The van der Waals surface area contributed by atoms with Gasteiger partial charge in [-0.1, -0.05) is 30.3 Å². The van der Waals surface area contributed by atoms with E-state index in [0.717, 1.165) is 16.5 Å². The molecule has 1 aromatic heterocycles. The highest BCUT2D eigenvalue weighted by atomic mass is 16.7. The van der Waals surface area contributed by atoms with E-state index in [4.69, 9.17) is 29.1 Å². The quantitative estimate of drug-likeness (QED) is 0.545. The highest BCUT2D eigenvalue weighted by Crippen LogP contribution is 2.35. The molecule has 1 amide bonds. The van der Waals surface area contributed by atoms with Crippen molar-refractivity contribution in [2.24, 2.45) is 5.73 Å². The molecule has 1 saturated heterocycles. The zero-order valence-electron chi connectivity index (χ0n) is 19.3. The van der Waals surface area contributed by atoms with Gasteiger partial charge < -0.3 is 34.2 Å². The third kappa shape index (κ3) is 4.37. The van der Waals surface area contributed by atoms with Crippen LogP contribution in [0.15, 0.2) is 57.7 Å². The number of primary amides is 1. The van der Waals surface area contributed by atoms with E-state index in [1.54, 1.807) is 32.0 Å². The van der Waals surface area contributed by atoms with Gasteiger partial charge in [-0.15, -0.1) is 0 Å². The third-order valence-corrected chi connectivity index (χ3v) is 5.98. The molecule has 0 spiro atoms. The van der Waals surface area contributed by atoms with Gasteiger partial charge >= 0.3 is 11.7 Å². The summed E-state index contributed by atoms with van der Waals surface area (Å²) in [4.78, 5) is 24.2. The average molecular weight is 469 g/mol. The summed E-state index contributed by atoms with van der Waals surface area (Å²) in [6, 6.07) is 14.3. The summed E-state index contributed by atoms with van der Waals surface area (Å²) in [5.74, 6) is 0.282. The van der Waals surface area contributed by atoms with Gasteiger partial charge in [0.2, 0.25) is 6.29 Å². The third-order valence-electron chi connectivity index (χ3n) is 5.98. The standard InChI is InChI=1S/C25H27NO8/c1-13-16-11-10-15(12-17(16)32-22(28)18(13)14-8-6-5-7-9-14)31-23-20(33-24(26)29)19(27)21(30-4)25(2,3)34-23/h5-12,19-21,23,27H,1-4H3,(H2,26,29)/t19-,20?,21-,23-/m1/s1. The number of hydrogen-bond acceptors (Lipinski definition) is 8. The van der Waals surface area contributed by atoms with E-state index >= 15 is 0 Å². The van der Waals surface area contributed by atoms with Crippen molar-refractivity contribution < 1.29 is 33.3 Å². The minimum atomic E-state index is -1.26. The van der Waals surface area contributed by atoms with Gasteiger partial charge in [-0.25, -0.2) is 9.59 Å². The Kier molecular flexibility index (Phi) is 6.35. The second-order valence-electron chi connectivity index (χ2n) is 8.67. The molecule has 0 bridgehead atoms. The molecule has 4 rings (SSSR count). The van der Waals surface area contributed by atoms with Crippen molar-refractivity contribution in [2.45, 2.75) is 51.0 Å². The molecule has 0 saturated carbocycles. The number of carbonyl (C=O) groups is 1. The van der Waals surface area contributed by atoms with Gasteiger partial charge in [0.25, 0.3) is 0 Å². The predicted octanol–water partition coefficient (Wildman–Crippen LogP) is 3.12. The molecular weight excluding hydrogens is 442 g/mol. The van der Waals surface area contributed by atoms with Crippen LogP contribution in [0.25, 0.3) is 22.1 Å². The Hall–Kier alpha value is -3.40. The fourth-order valence-corrected chi connectivity index (χ4v) is 4.43. The number of aryl methyl sites for hydroxylation is 1. The molecule has 3 aromatic rings. The van der Waals surface area contributed by atoms with Crippen molar-refractivity contribution in [2.75, 3.05) is 7.11 Å². The predicted molar refractivity (Wildman–Crippen MR) is 123 cm³/mol. The van der Waals surface area contributed by atoms with Crippen LogP contribution in [-0.2, 0) is 14.2 Å². The van der Waals surface area contributed by atoms with E-state index in [2.05, 4.69) is 0 Å². The monoisotopic (exact) mass is 469 g/mol. The first-order chi connectivity index (χ1) is 16.1. The molecule has 3 N–H and O–H groups in total. The lowest BCUT2D eigenvalue weighted by Crippen LogP contribution is -2.65. The molecule has 9 heteroatoms. The van der Waals surface area contributed by atoms with Gasteiger partial charge in [0.1, 0.15) is 23.5 Å². The summed E-state index contributed by atoms with van der Waals surface area (Å²) in [6.07, 6.45) is -5.60. The normalized spacial score (nSPS) is 24.0. The molecule has 1 fully saturated rings. The maximum absolute atomic E-state index is 12.8. The summed E-state index contributed by atoms with van der Waals surface area (Å²) >= 11 is 0. The Bertz CT molecular complexity index is 1250. The van der Waals surface area contributed by atoms with Crippen molar-refractivity contribution in [3.05, 3.63) is 64.5 Å². The number of ether oxygens (including phenoxy) is 4. The average Bonchev–Trinajstić information content (AvgIpc) is 2.76. The fourth-order valence-electron chi connectivity index (χ4n) is 4.43.